The van der Waals surface area contributed by atoms with E-state index < -0.39 is 0 Å². The summed E-state index contributed by atoms with van der Waals surface area (Å²) in [7, 11) is 0. The predicted molar refractivity (Wildman–Crippen MR) is 82.8 cm³/mol. The molecule has 3 aromatic rings. The Balaban J connectivity index is 2.11. The van der Waals surface area contributed by atoms with E-state index in [1.807, 2.05) is 49.4 Å². The van der Waals surface area contributed by atoms with Crippen LogP contribution >= 0.6 is 0 Å². The molecular weight excluding hydrogens is 248 g/mol. The zero-order chi connectivity index (χ0) is 14.1. The average Bonchev–Trinajstić information content (AvgIpc) is 2.76. The molecule has 3 rings (SSSR count). The molecule has 0 fully saturated rings. The minimum atomic E-state index is 0.0533. The number of fused-ring (bicyclic) bond motifs is 1. The number of para-hydroxylation sites is 1. The molecule has 0 aliphatic heterocycles. The summed E-state index contributed by atoms with van der Waals surface area (Å²) in [5.41, 5.74) is 3.82. The molecule has 0 unspecified atom stereocenters. The van der Waals surface area contributed by atoms with E-state index in [4.69, 9.17) is 0 Å². The van der Waals surface area contributed by atoms with Crippen molar-refractivity contribution in [1.29, 1.82) is 0 Å². The zero-order valence-electron chi connectivity index (χ0n) is 11.5. The Labute approximate surface area is 117 Å². The fraction of sp³-hybridized carbons (Fsp3) is 0.118. The van der Waals surface area contributed by atoms with Crippen LogP contribution in [-0.2, 0) is 0 Å². The van der Waals surface area contributed by atoms with Crippen LogP contribution in [0, 0.1) is 6.92 Å². The monoisotopic (exact) mass is 264 g/mol. The minimum Gasteiger partial charge on any atom is -0.341 e. The first-order valence-electron chi connectivity index (χ1n) is 6.60. The van der Waals surface area contributed by atoms with Crippen LogP contribution in [0.15, 0.2) is 48.5 Å². The van der Waals surface area contributed by atoms with Crippen LogP contribution in [0.1, 0.15) is 22.8 Å². The Morgan fingerprint density at radius 1 is 1.10 bits per heavy atom. The van der Waals surface area contributed by atoms with Gasteiger partial charge in [0.2, 0.25) is 0 Å². The van der Waals surface area contributed by atoms with Gasteiger partial charge < -0.3 is 10.3 Å². The maximum Gasteiger partial charge on any atom is 0.164 e. The molecule has 0 radical (unpaired) electrons. The number of carbonyl (C=O) groups excluding carboxylic acids is 1. The van der Waals surface area contributed by atoms with E-state index in [0.717, 1.165) is 22.4 Å². The molecular formula is C17H16N2O. The molecule has 1 aromatic heterocycles. The van der Waals surface area contributed by atoms with Crippen LogP contribution in [0.2, 0.25) is 0 Å². The summed E-state index contributed by atoms with van der Waals surface area (Å²) in [4.78, 5) is 15.2. The maximum atomic E-state index is 11.9. The molecule has 0 spiro atoms. The highest BCUT2D eigenvalue weighted by atomic mass is 16.1. The van der Waals surface area contributed by atoms with E-state index in [2.05, 4.69) is 16.4 Å². The van der Waals surface area contributed by atoms with Crippen molar-refractivity contribution in [1.82, 2.24) is 4.98 Å². The SMILES string of the molecule is CC(=O)c1c(Nc2cccc(C)c2)[nH]c2ccccc12. The van der Waals surface area contributed by atoms with E-state index in [0.29, 0.717) is 5.56 Å². The largest absolute Gasteiger partial charge is 0.341 e. The van der Waals surface area contributed by atoms with Crippen molar-refractivity contribution in [3.8, 4) is 0 Å². The molecule has 0 aliphatic rings. The number of nitrogens with one attached hydrogen (secondary N) is 2. The highest BCUT2D eigenvalue weighted by Gasteiger charge is 2.15. The van der Waals surface area contributed by atoms with Gasteiger partial charge in [-0.15, -0.1) is 0 Å². The summed E-state index contributed by atoms with van der Waals surface area (Å²) < 4.78 is 0. The van der Waals surface area contributed by atoms with E-state index in [-0.39, 0.29) is 5.78 Å². The number of H-pyrrole nitrogens is 1. The van der Waals surface area contributed by atoms with E-state index >= 15 is 0 Å². The van der Waals surface area contributed by atoms with Crippen molar-refractivity contribution >= 4 is 28.2 Å². The van der Waals surface area contributed by atoms with Gasteiger partial charge in [0.05, 0.1) is 5.56 Å². The quantitative estimate of drug-likeness (QED) is 0.688. The number of hydrogen-bond acceptors (Lipinski definition) is 2. The molecule has 0 saturated carbocycles. The number of aromatic nitrogens is 1. The van der Waals surface area contributed by atoms with Crippen LogP contribution in [0.4, 0.5) is 11.5 Å². The third-order valence-corrected chi connectivity index (χ3v) is 3.35. The van der Waals surface area contributed by atoms with Gasteiger partial charge in [0.1, 0.15) is 5.82 Å². The fourth-order valence-electron chi connectivity index (χ4n) is 2.47. The molecule has 20 heavy (non-hydrogen) atoms. The summed E-state index contributed by atoms with van der Waals surface area (Å²) in [5.74, 6) is 0.807. The first kappa shape index (κ1) is 12.5. The number of aryl methyl sites for hydroxylation is 1. The Morgan fingerprint density at radius 3 is 2.65 bits per heavy atom. The lowest BCUT2D eigenvalue weighted by atomic mass is 10.1. The maximum absolute atomic E-state index is 11.9. The minimum absolute atomic E-state index is 0.0533. The van der Waals surface area contributed by atoms with Crippen LogP contribution in [-0.4, -0.2) is 10.8 Å². The van der Waals surface area contributed by atoms with Gasteiger partial charge in [0.25, 0.3) is 0 Å². The second-order valence-electron chi connectivity index (χ2n) is 4.97. The Morgan fingerprint density at radius 2 is 1.90 bits per heavy atom. The van der Waals surface area contributed by atoms with Crippen LogP contribution in [0.3, 0.4) is 0 Å². The third-order valence-electron chi connectivity index (χ3n) is 3.35. The van der Waals surface area contributed by atoms with Crippen molar-refractivity contribution in [2.24, 2.45) is 0 Å². The van der Waals surface area contributed by atoms with Crippen LogP contribution < -0.4 is 5.32 Å². The molecule has 3 heteroatoms. The molecule has 2 aromatic carbocycles. The van der Waals surface area contributed by atoms with Crippen molar-refractivity contribution in [3.05, 3.63) is 59.7 Å². The van der Waals surface area contributed by atoms with Gasteiger partial charge in [0.15, 0.2) is 5.78 Å². The normalized spacial score (nSPS) is 10.7. The van der Waals surface area contributed by atoms with Crippen molar-refractivity contribution in [3.63, 3.8) is 0 Å². The number of benzene rings is 2. The fourth-order valence-corrected chi connectivity index (χ4v) is 2.47. The number of carbonyl (C=O) groups is 1. The Bertz CT molecular complexity index is 787. The second-order valence-corrected chi connectivity index (χ2v) is 4.97. The zero-order valence-corrected chi connectivity index (χ0v) is 11.5. The lowest BCUT2D eigenvalue weighted by molar-refractivity contribution is 0.102. The number of Topliss-reactive ketones (excluding diaryl/α,β-unsaturated/α-hetero) is 1. The molecule has 0 aliphatic carbocycles. The molecule has 3 nitrogen and oxygen atoms in total. The van der Waals surface area contributed by atoms with Gasteiger partial charge in [-0.25, -0.2) is 0 Å². The topological polar surface area (TPSA) is 44.9 Å². The van der Waals surface area contributed by atoms with Gasteiger partial charge in [-0.1, -0.05) is 30.3 Å². The smallest absolute Gasteiger partial charge is 0.164 e. The number of ketones is 1. The van der Waals surface area contributed by atoms with Gasteiger partial charge in [-0.2, -0.15) is 0 Å². The lowest BCUT2D eigenvalue weighted by Crippen LogP contribution is -1.98. The molecule has 2 N–H and O–H groups in total. The molecule has 0 amide bonds. The molecule has 100 valence electrons. The van der Waals surface area contributed by atoms with E-state index in [1.54, 1.807) is 6.92 Å². The summed E-state index contributed by atoms with van der Waals surface area (Å²) in [5, 5.41) is 4.26. The molecule has 1 heterocycles. The van der Waals surface area contributed by atoms with Gasteiger partial charge >= 0.3 is 0 Å². The first-order chi connectivity index (χ1) is 9.65. The van der Waals surface area contributed by atoms with Crippen molar-refractivity contribution in [2.45, 2.75) is 13.8 Å². The standard InChI is InChI=1S/C17H16N2O/c1-11-6-5-7-13(10-11)18-17-16(12(2)20)14-8-3-4-9-15(14)19-17/h3-10,18-19H,1-2H3. The summed E-state index contributed by atoms with van der Waals surface area (Å²) in [6.07, 6.45) is 0. The molecule has 0 bridgehead atoms. The Hall–Kier alpha value is -2.55. The Kier molecular flexibility index (Phi) is 3.03. The highest BCUT2D eigenvalue weighted by Crippen LogP contribution is 2.29. The number of anilines is 2. The van der Waals surface area contributed by atoms with Crippen LogP contribution in [0.25, 0.3) is 10.9 Å². The predicted octanol–water partition coefficient (Wildman–Crippen LogP) is 4.42. The first-order valence-corrected chi connectivity index (χ1v) is 6.60. The number of rotatable bonds is 3. The van der Waals surface area contributed by atoms with Crippen molar-refractivity contribution in [2.75, 3.05) is 5.32 Å². The summed E-state index contributed by atoms with van der Waals surface area (Å²) in [6.45, 7) is 3.64. The summed E-state index contributed by atoms with van der Waals surface area (Å²) >= 11 is 0. The average molecular weight is 264 g/mol. The summed E-state index contributed by atoms with van der Waals surface area (Å²) in [6, 6.07) is 15.9. The number of aromatic amines is 1. The molecule has 0 saturated heterocycles. The van der Waals surface area contributed by atoms with Gasteiger partial charge in [0, 0.05) is 16.6 Å². The second kappa shape index (κ2) is 4.85. The number of hydrogen-bond donors (Lipinski definition) is 2. The lowest BCUT2D eigenvalue weighted by Gasteiger charge is -2.07. The van der Waals surface area contributed by atoms with Gasteiger partial charge in [-0.3, -0.25) is 4.79 Å². The van der Waals surface area contributed by atoms with Crippen molar-refractivity contribution < 1.29 is 4.79 Å². The van der Waals surface area contributed by atoms with E-state index in [1.165, 1.54) is 5.56 Å². The molecule has 0 atom stereocenters. The third kappa shape index (κ3) is 2.18. The highest BCUT2D eigenvalue weighted by molar-refractivity contribution is 6.12. The van der Waals surface area contributed by atoms with Gasteiger partial charge in [-0.05, 0) is 37.6 Å². The van der Waals surface area contributed by atoms with E-state index in [9.17, 15) is 4.79 Å². The van der Waals surface area contributed by atoms with Crippen LogP contribution in [0.5, 0.6) is 0 Å².